The number of hydrogen-bond donors (Lipinski definition) is 1. The molecule has 118 valence electrons. The monoisotopic (exact) mass is 315 g/mol. The van der Waals surface area contributed by atoms with Gasteiger partial charge < -0.3 is 9.84 Å². The topological polar surface area (TPSA) is 51.0 Å². The Bertz CT molecular complexity index is 790. The first-order valence-electron chi connectivity index (χ1n) is 7.20. The number of nitrogens with zero attached hydrogens (tertiary/aromatic N) is 2. The highest BCUT2D eigenvalue weighted by Crippen LogP contribution is 2.19. The molecule has 0 amide bonds. The van der Waals surface area contributed by atoms with Crippen LogP contribution in [0.2, 0.25) is 0 Å². The van der Waals surface area contributed by atoms with Crippen LogP contribution in [-0.4, -0.2) is 10.1 Å². The average molecular weight is 315 g/mol. The second-order valence-corrected chi connectivity index (χ2v) is 5.15. The fourth-order valence-electron chi connectivity index (χ4n) is 2.23. The summed E-state index contributed by atoms with van der Waals surface area (Å²) in [4.78, 5) is 4.29. The molecule has 3 aromatic rings. The van der Waals surface area contributed by atoms with Crippen molar-refractivity contribution in [3.63, 3.8) is 0 Å². The molecule has 1 atom stereocenters. The van der Waals surface area contributed by atoms with Crippen LogP contribution in [0.1, 0.15) is 24.4 Å². The maximum Gasteiger partial charge on any atom is 0.240 e. The molecule has 3 rings (SSSR count). The SMILES string of the molecule is C[C@@H](NCc1nc(-c2ccccc2)no1)c1ccc(F)cc1F. The molecule has 0 saturated carbocycles. The van der Waals surface area contributed by atoms with Crippen molar-refractivity contribution in [2.75, 3.05) is 0 Å². The average Bonchev–Trinajstić information content (AvgIpc) is 3.02. The van der Waals surface area contributed by atoms with Gasteiger partial charge in [-0.3, -0.25) is 0 Å². The fraction of sp³-hybridized carbons (Fsp3) is 0.176. The second kappa shape index (κ2) is 6.66. The first-order valence-corrected chi connectivity index (χ1v) is 7.20. The minimum Gasteiger partial charge on any atom is -0.338 e. The molecule has 0 aliphatic heterocycles. The molecule has 1 aromatic heterocycles. The van der Waals surface area contributed by atoms with E-state index >= 15 is 0 Å². The van der Waals surface area contributed by atoms with E-state index in [-0.39, 0.29) is 12.6 Å². The highest BCUT2D eigenvalue weighted by Gasteiger charge is 2.13. The standard InChI is InChI=1S/C17H15F2N3O/c1-11(14-8-7-13(18)9-15(14)19)20-10-16-21-17(22-23-16)12-5-3-2-4-6-12/h2-9,11,20H,10H2,1H3/t11-/m1/s1. The van der Waals surface area contributed by atoms with E-state index in [1.54, 1.807) is 6.92 Å². The van der Waals surface area contributed by atoms with Crippen molar-refractivity contribution in [1.82, 2.24) is 15.5 Å². The Hall–Kier alpha value is -2.60. The van der Waals surface area contributed by atoms with Crippen molar-refractivity contribution in [3.05, 3.63) is 71.6 Å². The van der Waals surface area contributed by atoms with Crippen molar-refractivity contribution in [2.24, 2.45) is 0 Å². The van der Waals surface area contributed by atoms with E-state index in [4.69, 9.17) is 4.52 Å². The number of aromatic nitrogens is 2. The number of hydrogen-bond acceptors (Lipinski definition) is 4. The minimum absolute atomic E-state index is 0.290. The molecule has 23 heavy (non-hydrogen) atoms. The summed E-state index contributed by atoms with van der Waals surface area (Å²) in [5, 5.41) is 7.00. The number of benzene rings is 2. The summed E-state index contributed by atoms with van der Waals surface area (Å²) in [6.45, 7) is 2.07. The summed E-state index contributed by atoms with van der Waals surface area (Å²) in [5.74, 6) is -0.274. The van der Waals surface area contributed by atoms with Gasteiger partial charge in [-0.15, -0.1) is 0 Å². The Kier molecular flexibility index (Phi) is 4.43. The van der Waals surface area contributed by atoms with Gasteiger partial charge in [0.1, 0.15) is 11.6 Å². The van der Waals surface area contributed by atoms with Crippen LogP contribution in [-0.2, 0) is 6.54 Å². The molecule has 4 nitrogen and oxygen atoms in total. The molecule has 0 saturated heterocycles. The van der Waals surface area contributed by atoms with Gasteiger partial charge in [0, 0.05) is 23.2 Å². The van der Waals surface area contributed by atoms with Crippen LogP contribution in [0.3, 0.4) is 0 Å². The largest absolute Gasteiger partial charge is 0.338 e. The van der Waals surface area contributed by atoms with Gasteiger partial charge in [0.25, 0.3) is 0 Å². The third-order valence-electron chi connectivity index (χ3n) is 3.49. The summed E-state index contributed by atoms with van der Waals surface area (Å²) in [7, 11) is 0. The zero-order valence-corrected chi connectivity index (χ0v) is 12.5. The summed E-state index contributed by atoms with van der Waals surface area (Å²) in [5.41, 5.74) is 1.24. The van der Waals surface area contributed by atoms with Crippen molar-refractivity contribution in [2.45, 2.75) is 19.5 Å². The second-order valence-electron chi connectivity index (χ2n) is 5.15. The van der Waals surface area contributed by atoms with Crippen molar-refractivity contribution in [1.29, 1.82) is 0 Å². The Morgan fingerprint density at radius 1 is 1.13 bits per heavy atom. The molecule has 1 heterocycles. The lowest BCUT2D eigenvalue weighted by atomic mass is 10.1. The minimum atomic E-state index is -0.595. The lowest BCUT2D eigenvalue weighted by molar-refractivity contribution is 0.359. The van der Waals surface area contributed by atoms with Crippen LogP contribution in [0.25, 0.3) is 11.4 Å². The van der Waals surface area contributed by atoms with Gasteiger partial charge in [0.05, 0.1) is 6.54 Å². The molecule has 0 aliphatic rings. The summed E-state index contributed by atoms with van der Waals surface area (Å²) in [6, 6.07) is 12.7. The predicted octanol–water partition coefficient (Wildman–Crippen LogP) is 3.87. The maximum absolute atomic E-state index is 13.7. The first kappa shape index (κ1) is 15.3. The van der Waals surface area contributed by atoms with E-state index in [1.807, 2.05) is 30.3 Å². The summed E-state index contributed by atoms with van der Waals surface area (Å²) in [6.07, 6.45) is 0. The van der Waals surface area contributed by atoms with Gasteiger partial charge in [0.2, 0.25) is 11.7 Å². The van der Waals surface area contributed by atoms with Crippen molar-refractivity contribution >= 4 is 0 Å². The van der Waals surface area contributed by atoms with E-state index in [0.717, 1.165) is 11.6 Å². The third kappa shape index (κ3) is 3.60. The molecule has 0 spiro atoms. The molecule has 2 aromatic carbocycles. The van der Waals surface area contributed by atoms with Gasteiger partial charge >= 0.3 is 0 Å². The lowest BCUT2D eigenvalue weighted by Gasteiger charge is -2.13. The van der Waals surface area contributed by atoms with Crippen molar-refractivity contribution < 1.29 is 13.3 Å². The van der Waals surface area contributed by atoms with Crippen LogP contribution in [0.15, 0.2) is 53.1 Å². The smallest absolute Gasteiger partial charge is 0.240 e. The molecular formula is C17H15F2N3O. The van der Waals surface area contributed by atoms with E-state index in [1.165, 1.54) is 12.1 Å². The Labute approximate surface area is 132 Å². The predicted molar refractivity (Wildman–Crippen MR) is 81.3 cm³/mol. The van der Waals surface area contributed by atoms with Gasteiger partial charge in [-0.25, -0.2) is 8.78 Å². The normalized spacial score (nSPS) is 12.3. The Morgan fingerprint density at radius 2 is 1.91 bits per heavy atom. The molecular weight excluding hydrogens is 300 g/mol. The zero-order valence-electron chi connectivity index (χ0n) is 12.5. The lowest BCUT2D eigenvalue weighted by Crippen LogP contribution is -2.19. The number of halogens is 2. The maximum atomic E-state index is 13.7. The molecule has 0 radical (unpaired) electrons. The third-order valence-corrected chi connectivity index (χ3v) is 3.49. The molecule has 0 fully saturated rings. The fourth-order valence-corrected chi connectivity index (χ4v) is 2.23. The molecule has 0 unspecified atom stereocenters. The van der Waals surface area contributed by atoms with Crippen LogP contribution < -0.4 is 5.32 Å². The van der Waals surface area contributed by atoms with Crippen LogP contribution >= 0.6 is 0 Å². The van der Waals surface area contributed by atoms with E-state index in [0.29, 0.717) is 17.3 Å². The van der Waals surface area contributed by atoms with E-state index < -0.39 is 11.6 Å². The Balaban J connectivity index is 1.65. The first-order chi connectivity index (χ1) is 11.1. The van der Waals surface area contributed by atoms with Gasteiger partial charge in [-0.1, -0.05) is 41.6 Å². The van der Waals surface area contributed by atoms with Gasteiger partial charge in [0.15, 0.2) is 0 Å². The quantitative estimate of drug-likeness (QED) is 0.776. The van der Waals surface area contributed by atoms with Crippen LogP contribution in [0, 0.1) is 11.6 Å². The zero-order chi connectivity index (χ0) is 16.2. The molecule has 0 aliphatic carbocycles. The van der Waals surface area contributed by atoms with Crippen LogP contribution in [0.4, 0.5) is 8.78 Å². The van der Waals surface area contributed by atoms with E-state index in [2.05, 4.69) is 15.5 Å². The summed E-state index contributed by atoms with van der Waals surface area (Å²) < 4.78 is 31.8. The molecule has 6 heteroatoms. The highest BCUT2D eigenvalue weighted by atomic mass is 19.1. The highest BCUT2D eigenvalue weighted by molar-refractivity contribution is 5.53. The van der Waals surface area contributed by atoms with Gasteiger partial charge in [-0.2, -0.15) is 4.98 Å². The number of nitrogens with one attached hydrogen (secondary N) is 1. The van der Waals surface area contributed by atoms with E-state index in [9.17, 15) is 8.78 Å². The Morgan fingerprint density at radius 3 is 2.65 bits per heavy atom. The van der Waals surface area contributed by atoms with Gasteiger partial charge in [-0.05, 0) is 13.0 Å². The molecule has 0 bridgehead atoms. The number of rotatable bonds is 5. The molecule has 1 N–H and O–H groups in total. The van der Waals surface area contributed by atoms with Crippen molar-refractivity contribution in [3.8, 4) is 11.4 Å². The van der Waals surface area contributed by atoms with Crippen LogP contribution in [0.5, 0.6) is 0 Å². The summed E-state index contributed by atoms with van der Waals surface area (Å²) >= 11 is 0.